The average molecular weight is 397 g/mol. The molecule has 4 nitrogen and oxygen atoms in total. The molecular weight excluding hydrogens is 384 g/mol. The van der Waals surface area contributed by atoms with Crippen LogP contribution in [0.4, 0.5) is 0 Å². The van der Waals surface area contributed by atoms with E-state index < -0.39 is 11.4 Å². The lowest BCUT2D eigenvalue weighted by atomic mass is 10.1. The second-order valence-corrected chi connectivity index (χ2v) is 7.27. The van der Waals surface area contributed by atoms with Crippen molar-refractivity contribution in [3.8, 4) is 17.1 Å². The Morgan fingerprint density at radius 3 is 2.59 bits per heavy atom. The van der Waals surface area contributed by atoms with Crippen LogP contribution in [0.3, 0.4) is 0 Å². The van der Waals surface area contributed by atoms with E-state index in [1.165, 1.54) is 17.4 Å². The maximum atomic E-state index is 13.1. The van der Waals surface area contributed by atoms with Gasteiger partial charge in [-0.1, -0.05) is 48.0 Å². The Labute approximate surface area is 163 Å². The zero-order chi connectivity index (χ0) is 19.0. The fraction of sp³-hybridized carbons (Fsp3) is 0.0476. The molecule has 0 aliphatic heterocycles. The minimum atomic E-state index is -0.605. The van der Waals surface area contributed by atoms with Gasteiger partial charge in [-0.05, 0) is 36.1 Å². The van der Waals surface area contributed by atoms with Gasteiger partial charge < -0.3 is 9.15 Å². The molecule has 4 aromatic rings. The fourth-order valence-corrected chi connectivity index (χ4v) is 3.47. The van der Waals surface area contributed by atoms with Gasteiger partial charge in [0.25, 0.3) is 0 Å². The van der Waals surface area contributed by atoms with Crippen molar-refractivity contribution < 1.29 is 13.9 Å². The molecule has 0 radical (unpaired) electrons. The molecule has 0 saturated carbocycles. The summed E-state index contributed by atoms with van der Waals surface area (Å²) in [6.45, 7) is 1.83. The van der Waals surface area contributed by atoms with Crippen LogP contribution in [0.15, 0.2) is 69.2 Å². The van der Waals surface area contributed by atoms with E-state index in [2.05, 4.69) is 0 Å². The number of thiophene rings is 1. The highest BCUT2D eigenvalue weighted by atomic mass is 35.5. The Morgan fingerprint density at radius 1 is 1.11 bits per heavy atom. The van der Waals surface area contributed by atoms with E-state index in [0.29, 0.717) is 21.0 Å². The van der Waals surface area contributed by atoms with Gasteiger partial charge in [0.05, 0.1) is 5.39 Å². The highest BCUT2D eigenvalue weighted by Gasteiger charge is 2.22. The van der Waals surface area contributed by atoms with Crippen LogP contribution < -0.4 is 10.2 Å². The smallest absolute Gasteiger partial charge is 0.353 e. The third-order valence-electron chi connectivity index (χ3n) is 4.08. The Kier molecular flexibility index (Phi) is 4.56. The van der Waals surface area contributed by atoms with Gasteiger partial charge in [0.2, 0.25) is 11.2 Å². The lowest BCUT2D eigenvalue weighted by molar-refractivity contribution is 0.0736. The molecule has 0 aliphatic carbocycles. The van der Waals surface area contributed by atoms with Crippen molar-refractivity contribution in [3.05, 3.63) is 85.7 Å². The van der Waals surface area contributed by atoms with E-state index in [0.717, 1.165) is 5.56 Å². The third-order valence-corrected chi connectivity index (χ3v) is 5.34. The predicted octanol–water partition coefficient (Wildman–Crippen LogP) is 5.70. The van der Waals surface area contributed by atoms with E-state index in [1.807, 2.05) is 25.1 Å². The van der Waals surface area contributed by atoms with Crippen molar-refractivity contribution in [3.63, 3.8) is 0 Å². The fourth-order valence-electron chi connectivity index (χ4n) is 2.71. The molecule has 0 unspecified atom stereocenters. The topological polar surface area (TPSA) is 56.5 Å². The Bertz CT molecular complexity index is 1190. The lowest BCUT2D eigenvalue weighted by Crippen LogP contribution is -2.15. The van der Waals surface area contributed by atoms with Gasteiger partial charge in [-0.3, -0.25) is 4.79 Å². The Hall–Kier alpha value is -2.89. The monoisotopic (exact) mass is 396 g/mol. The minimum absolute atomic E-state index is 0.146. The van der Waals surface area contributed by atoms with E-state index in [9.17, 15) is 9.59 Å². The summed E-state index contributed by atoms with van der Waals surface area (Å²) in [6, 6.07) is 15.7. The first kappa shape index (κ1) is 17.5. The number of halogens is 1. The largest absolute Gasteiger partial charge is 0.452 e. The van der Waals surface area contributed by atoms with Crippen LogP contribution in [0.1, 0.15) is 15.2 Å². The SMILES string of the molecule is Cc1cc2oc(-c3ccccc3)c(OC(=O)c3cccs3)c(=O)c2cc1Cl. The molecule has 0 bridgehead atoms. The molecule has 0 saturated heterocycles. The van der Waals surface area contributed by atoms with Crippen molar-refractivity contribution in [1.29, 1.82) is 0 Å². The quantitative estimate of drug-likeness (QED) is 0.416. The van der Waals surface area contributed by atoms with E-state index in [1.54, 1.807) is 35.7 Å². The highest BCUT2D eigenvalue weighted by Crippen LogP contribution is 2.33. The second-order valence-electron chi connectivity index (χ2n) is 5.92. The first-order valence-corrected chi connectivity index (χ1v) is 9.38. The molecule has 0 aliphatic rings. The van der Waals surface area contributed by atoms with Gasteiger partial charge in [0.1, 0.15) is 10.5 Å². The van der Waals surface area contributed by atoms with Crippen LogP contribution >= 0.6 is 22.9 Å². The summed E-state index contributed by atoms with van der Waals surface area (Å²) in [5.74, 6) is -0.543. The van der Waals surface area contributed by atoms with Crippen LogP contribution in [0, 0.1) is 6.92 Å². The van der Waals surface area contributed by atoms with Crippen LogP contribution in [0.5, 0.6) is 5.75 Å². The first-order valence-electron chi connectivity index (χ1n) is 8.12. The Balaban J connectivity index is 1.96. The molecule has 0 atom stereocenters. The minimum Gasteiger partial charge on any atom is -0.452 e. The number of benzene rings is 2. The van der Waals surface area contributed by atoms with Gasteiger partial charge in [0, 0.05) is 10.6 Å². The molecule has 2 aromatic carbocycles. The van der Waals surface area contributed by atoms with Gasteiger partial charge in [-0.15, -0.1) is 11.3 Å². The number of hydrogen-bond acceptors (Lipinski definition) is 5. The number of fused-ring (bicyclic) bond motifs is 1. The molecule has 0 spiro atoms. The van der Waals surface area contributed by atoms with Gasteiger partial charge >= 0.3 is 5.97 Å². The number of rotatable bonds is 3. The number of ether oxygens (including phenoxy) is 1. The standard InChI is InChI=1S/C21H13ClO4S/c1-12-10-16-14(11-15(12)22)18(23)20(26-21(24)17-8-5-9-27-17)19(25-16)13-6-3-2-4-7-13/h2-11H,1H3. The molecule has 27 heavy (non-hydrogen) atoms. The number of carbonyl (C=O) groups is 1. The van der Waals surface area contributed by atoms with E-state index in [4.69, 9.17) is 20.8 Å². The van der Waals surface area contributed by atoms with Crippen LogP contribution in [-0.4, -0.2) is 5.97 Å². The Morgan fingerprint density at radius 2 is 1.89 bits per heavy atom. The molecule has 0 N–H and O–H groups in total. The van der Waals surface area contributed by atoms with Gasteiger partial charge in [-0.25, -0.2) is 4.79 Å². The maximum Gasteiger partial charge on any atom is 0.353 e. The van der Waals surface area contributed by atoms with Crippen LogP contribution in [0.25, 0.3) is 22.3 Å². The molecule has 2 aromatic heterocycles. The number of aryl methyl sites for hydroxylation is 1. The summed E-state index contributed by atoms with van der Waals surface area (Å²) in [5, 5.41) is 2.47. The molecule has 4 rings (SSSR count). The van der Waals surface area contributed by atoms with Crippen molar-refractivity contribution in [2.75, 3.05) is 0 Å². The van der Waals surface area contributed by atoms with Crippen molar-refractivity contribution >= 4 is 39.9 Å². The summed E-state index contributed by atoms with van der Waals surface area (Å²) < 4.78 is 11.5. The molecule has 6 heteroatoms. The van der Waals surface area contributed by atoms with Crippen molar-refractivity contribution in [2.24, 2.45) is 0 Å². The molecule has 0 amide bonds. The highest BCUT2D eigenvalue weighted by molar-refractivity contribution is 7.12. The van der Waals surface area contributed by atoms with Gasteiger partial charge in [-0.2, -0.15) is 0 Å². The predicted molar refractivity (Wildman–Crippen MR) is 107 cm³/mol. The summed E-state index contributed by atoms with van der Waals surface area (Å²) in [5.41, 5.74) is 1.37. The van der Waals surface area contributed by atoms with Crippen LogP contribution in [0.2, 0.25) is 5.02 Å². The van der Waals surface area contributed by atoms with Crippen molar-refractivity contribution in [1.82, 2.24) is 0 Å². The lowest BCUT2D eigenvalue weighted by Gasteiger charge is -2.11. The number of hydrogen-bond donors (Lipinski definition) is 0. The summed E-state index contributed by atoms with van der Waals surface area (Å²) in [6.07, 6.45) is 0. The summed E-state index contributed by atoms with van der Waals surface area (Å²) in [7, 11) is 0. The van der Waals surface area contributed by atoms with E-state index >= 15 is 0 Å². The maximum absolute atomic E-state index is 13.1. The van der Waals surface area contributed by atoms with Gasteiger partial charge in [0.15, 0.2) is 5.76 Å². The van der Waals surface area contributed by atoms with Crippen LogP contribution in [-0.2, 0) is 0 Å². The number of carbonyl (C=O) groups excluding carboxylic acids is 1. The summed E-state index contributed by atoms with van der Waals surface area (Å²) in [4.78, 5) is 25.9. The first-order chi connectivity index (χ1) is 13.0. The zero-order valence-electron chi connectivity index (χ0n) is 14.2. The normalized spacial score (nSPS) is 10.9. The van der Waals surface area contributed by atoms with E-state index in [-0.39, 0.29) is 16.9 Å². The second kappa shape index (κ2) is 7.02. The molecule has 134 valence electrons. The zero-order valence-corrected chi connectivity index (χ0v) is 15.8. The third kappa shape index (κ3) is 3.27. The average Bonchev–Trinajstić information content (AvgIpc) is 3.21. The molecule has 0 fully saturated rings. The molecular formula is C21H13ClO4S. The summed E-state index contributed by atoms with van der Waals surface area (Å²) >= 11 is 7.41. The van der Waals surface area contributed by atoms with Crippen molar-refractivity contribution in [2.45, 2.75) is 6.92 Å². The number of esters is 1. The molecule has 2 heterocycles.